The molecule has 0 saturated heterocycles. The molecular weight excluding hydrogens is 514 g/mol. The number of hydrogen-bond acceptors (Lipinski definition) is 4. The van der Waals surface area contributed by atoms with Gasteiger partial charge in [-0.2, -0.15) is 0 Å². The Kier molecular flexibility index (Phi) is 14.3. The highest BCUT2D eigenvalue weighted by molar-refractivity contribution is 6.02. The molecule has 6 nitrogen and oxygen atoms in total. The van der Waals surface area contributed by atoms with E-state index in [4.69, 9.17) is 9.47 Å². The number of benzene rings is 2. The quantitative estimate of drug-likeness (QED) is 0.191. The lowest BCUT2D eigenvalue weighted by Gasteiger charge is -2.21. The van der Waals surface area contributed by atoms with Crippen LogP contribution in [0.15, 0.2) is 72.8 Å². The van der Waals surface area contributed by atoms with Gasteiger partial charge in [0.15, 0.2) is 0 Å². The lowest BCUT2D eigenvalue weighted by atomic mass is 9.91. The summed E-state index contributed by atoms with van der Waals surface area (Å²) in [6.45, 7) is 17.5. The largest absolute Gasteiger partial charge is 0.480 e. The molecule has 0 aliphatic carbocycles. The first-order chi connectivity index (χ1) is 19.7. The van der Waals surface area contributed by atoms with Crippen LogP contribution >= 0.6 is 0 Å². The maximum Gasteiger partial charge on any atom is 0.326 e. The predicted molar refractivity (Wildman–Crippen MR) is 167 cm³/mol. The Bertz CT molecular complexity index is 1230. The van der Waals surface area contributed by atoms with Crippen molar-refractivity contribution in [1.29, 1.82) is 0 Å². The number of carboxylic acid groups (broad SMARTS) is 1. The Morgan fingerprint density at radius 2 is 1.78 bits per heavy atom. The minimum atomic E-state index is -1.04. The molecule has 0 fully saturated rings. The van der Waals surface area contributed by atoms with Crippen molar-refractivity contribution in [3.05, 3.63) is 101 Å². The molecule has 222 valence electrons. The monoisotopic (exact) mass is 561 g/mol. The maximum absolute atomic E-state index is 13.4. The highest BCUT2D eigenvalue weighted by atomic mass is 16.5. The van der Waals surface area contributed by atoms with Crippen LogP contribution in [0.1, 0.15) is 105 Å². The van der Waals surface area contributed by atoms with E-state index in [0.717, 1.165) is 28.7 Å². The molecule has 2 rings (SSSR count). The van der Waals surface area contributed by atoms with E-state index in [0.29, 0.717) is 49.7 Å². The van der Waals surface area contributed by atoms with E-state index in [2.05, 4.69) is 63.0 Å². The summed E-state index contributed by atoms with van der Waals surface area (Å²) in [7, 11) is 0. The summed E-state index contributed by atoms with van der Waals surface area (Å²) in [6, 6.07) is 13.0. The van der Waals surface area contributed by atoms with Gasteiger partial charge in [0.25, 0.3) is 5.91 Å². The smallest absolute Gasteiger partial charge is 0.326 e. The highest BCUT2D eigenvalue weighted by Gasteiger charge is 2.23. The van der Waals surface area contributed by atoms with Crippen molar-refractivity contribution in [2.75, 3.05) is 13.2 Å². The summed E-state index contributed by atoms with van der Waals surface area (Å²) < 4.78 is 12.2. The fraction of sp³-hybridized carbons (Fsp3) is 0.429. The molecular formula is C35H47NO5. The molecule has 2 aromatic rings. The van der Waals surface area contributed by atoms with Gasteiger partial charge >= 0.3 is 5.97 Å². The van der Waals surface area contributed by atoms with E-state index in [-0.39, 0.29) is 6.10 Å². The molecule has 0 aromatic heterocycles. The van der Waals surface area contributed by atoms with Crippen molar-refractivity contribution in [2.45, 2.75) is 85.5 Å². The van der Waals surface area contributed by atoms with Crippen LogP contribution in [0.3, 0.4) is 0 Å². The number of nitrogens with one attached hydrogen (secondary N) is 1. The van der Waals surface area contributed by atoms with E-state index >= 15 is 0 Å². The molecule has 0 saturated carbocycles. The van der Waals surface area contributed by atoms with E-state index in [1.807, 2.05) is 39.0 Å². The number of carbonyl (C=O) groups is 2. The average Bonchev–Trinajstić information content (AvgIpc) is 2.95. The van der Waals surface area contributed by atoms with Crippen LogP contribution in [0.5, 0.6) is 0 Å². The van der Waals surface area contributed by atoms with Crippen molar-refractivity contribution < 1.29 is 24.2 Å². The minimum Gasteiger partial charge on any atom is -0.480 e. The normalized spacial score (nSPS) is 13.6. The standard InChI is InChI=1S/C35H47NO5/c1-8-13-25(7)29(14-9-2)31-20-26(18-19-30(31)34(37)36-32(15-10-3)35(38)39)22-41-33(23-40-11-4)28-17-12-16-27(21-28)24(5)6/h9,12-14,16-21,24,32-33H,2,8,10-11,15,22-23H2,1,3-7H3,(H,36,37)(H,38,39)/b25-13-,29-14+. The van der Waals surface area contributed by atoms with Crippen LogP contribution in [0.25, 0.3) is 5.57 Å². The Hall–Kier alpha value is -3.48. The molecule has 41 heavy (non-hydrogen) atoms. The molecule has 2 atom stereocenters. The molecule has 2 aromatic carbocycles. The average molecular weight is 562 g/mol. The molecule has 2 N–H and O–H groups in total. The Balaban J connectivity index is 2.50. The fourth-order valence-corrected chi connectivity index (χ4v) is 4.63. The zero-order valence-electron chi connectivity index (χ0n) is 25.5. The second kappa shape index (κ2) is 17.4. The van der Waals surface area contributed by atoms with E-state index in [9.17, 15) is 14.7 Å². The van der Waals surface area contributed by atoms with Crippen LogP contribution < -0.4 is 5.32 Å². The van der Waals surface area contributed by atoms with Gasteiger partial charge in [-0.25, -0.2) is 4.79 Å². The van der Waals surface area contributed by atoms with Gasteiger partial charge in [-0.05, 0) is 78.1 Å². The number of allylic oxidation sites excluding steroid dienone is 5. The second-order valence-corrected chi connectivity index (χ2v) is 10.4. The van der Waals surface area contributed by atoms with E-state index < -0.39 is 17.9 Å². The van der Waals surface area contributed by atoms with Gasteiger partial charge in [-0.15, -0.1) is 0 Å². The van der Waals surface area contributed by atoms with Crippen molar-refractivity contribution in [2.24, 2.45) is 0 Å². The minimum absolute atomic E-state index is 0.254. The molecule has 2 unspecified atom stereocenters. The van der Waals surface area contributed by atoms with Gasteiger partial charge in [-0.1, -0.05) is 89.3 Å². The molecule has 0 spiro atoms. The van der Waals surface area contributed by atoms with Gasteiger partial charge < -0.3 is 19.9 Å². The summed E-state index contributed by atoms with van der Waals surface area (Å²) in [5.41, 5.74) is 6.16. The SMILES string of the molecule is C=C/C=C(\C(C)=C/CC)c1cc(COC(COCC)c2cccc(C(C)C)c2)ccc1C(=O)NC(CCC)C(=O)O. The summed E-state index contributed by atoms with van der Waals surface area (Å²) in [6.07, 6.45) is 7.25. The Morgan fingerprint density at radius 3 is 2.39 bits per heavy atom. The predicted octanol–water partition coefficient (Wildman–Crippen LogP) is 8.01. The topological polar surface area (TPSA) is 84.9 Å². The summed E-state index contributed by atoms with van der Waals surface area (Å²) >= 11 is 0. The number of amides is 1. The third-order valence-corrected chi connectivity index (χ3v) is 6.89. The van der Waals surface area contributed by atoms with Crippen LogP contribution in [0, 0.1) is 0 Å². The Morgan fingerprint density at radius 1 is 1.05 bits per heavy atom. The Labute approximate surface area is 246 Å². The zero-order chi connectivity index (χ0) is 30.4. The molecule has 6 heteroatoms. The number of hydrogen-bond donors (Lipinski definition) is 2. The number of rotatable bonds is 17. The van der Waals surface area contributed by atoms with Gasteiger partial charge in [-0.3, -0.25) is 4.79 Å². The van der Waals surface area contributed by atoms with Gasteiger partial charge in [0.05, 0.1) is 13.2 Å². The van der Waals surface area contributed by atoms with Crippen LogP contribution in [-0.4, -0.2) is 36.2 Å². The first kappa shape index (κ1) is 33.7. The molecule has 0 bridgehead atoms. The first-order valence-electron chi connectivity index (χ1n) is 14.6. The molecule has 0 radical (unpaired) electrons. The van der Waals surface area contributed by atoms with Crippen LogP contribution in [0.4, 0.5) is 0 Å². The van der Waals surface area contributed by atoms with Gasteiger partial charge in [0.1, 0.15) is 12.1 Å². The van der Waals surface area contributed by atoms with Crippen molar-refractivity contribution >= 4 is 17.4 Å². The number of aliphatic carboxylic acids is 1. The molecule has 0 aliphatic rings. The lowest BCUT2D eigenvalue weighted by Crippen LogP contribution is -2.41. The fourth-order valence-electron chi connectivity index (χ4n) is 4.63. The number of carboxylic acids is 1. The molecule has 0 heterocycles. The maximum atomic E-state index is 13.4. The second-order valence-electron chi connectivity index (χ2n) is 10.4. The summed E-state index contributed by atoms with van der Waals surface area (Å²) in [5.74, 6) is -1.07. The molecule has 0 aliphatic heterocycles. The third-order valence-electron chi connectivity index (χ3n) is 6.89. The number of ether oxygens (including phenoxy) is 2. The highest BCUT2D eigenvalue weighted by Crippen LogP contribution is 2.30. The van der Waals surface area contributed by atoms with E-state index in [1.54, 1.807) is 12.1 Å². The third kappa shape index (κ3) is 10.1. The van der Waals surface area contributed by atoms with Crippen LogP contribution in [-0.2, 0) is 20.9 Å². The van der Waals surface area contributed by atoms with Crippen LogP contribution in [0.2, 0.25) is 0 Å². The van der Waals surface area contributed by atoms with Crippen molar-refractivity contribution in [3.8, 4) is 0 Å². The summed E-state index contributed by atoms with van der Waals surface area (Å²) in [5, 5.41) is 12.3. The van der Waals surface area contributed by atoms with E-state index in [1.165, 1.54) is 5.56 Å². The lowest BCUT2D eigenvalue weighted by molar-refractivity contribution is -0.139. The van der Waals surface area contributed by atoms with Crippen molar-refractivity contribution in [1.82, 2.24) is 5.32 Å². The molecule has 1 amide bonds. The van der Waals surface area contributed by atoms with Gasteiger partial charge in [0, 0.05) is 12.2 Å². The zero-order valence-corrected chi connectivity index (χ0v) is 25.5. The summed E-state index contributed by atoms with van der Waals surface area (Å²) in [4.78, 5) is 25.2. The first-order valence-corrected chi connectivity index (χ1v) is 14.6. The van der Waals surface area contributed by atoms with Crippen molar-refractivity contribution in [3.63, 3.8) is 0 Å². The number of carbonyl (C=O) groups excluding carboxylic acids is 1. The van der Waals surface area contributed by atoms with Gasteiger partial charge in [0.2, 0.25) is 0 Å².